The number of rotatable bonds is 6. The lowest BCUT2D eigenvalue weighted by Gasteiger charge is -2.22. The van der Waals surface area contributed by atoms with Crippen LogP contribution < -0.4 is 10.2 Å². The summed E-state index contributed by atoms with van der Waals surface area (Å²) in [5.74, 6) is 3.92. The minimum atomic E-state index is 0.903. The molecule has 2 heterocycles. The molecule has 2 rings (SSSR count). The quantitative estimate of drug-likeness (QED) is 0.863. The van der Waals surface area contributed by atoms with E-state index in [1.54, 1.807) is 0 Å². The number of nitrogens with one attached hydrogen (secondary N) is 1. The van der Waals surface area contributed by atoms with Crippen molar-refractivity contribution in [3.8, 4) is 0 Å². The molecule has 1 unspecified atom stereocenters. The average molecular weight is 290 g/mol. The maximum absolute atomic E-state index is 4.78. The molecule has 4 nitrogen and oxygen atoms in total. The molecule has 1 aliphatic rings. The van der Waals surface area contributed by atoms with Gasteiger partial charge in [-0.15, -0.1) is 0 Å². The first-order chi connectivity index (χ1) is 10.3. The Morgan fingerprint density at radius 3 is 2.76 bits per heavy atom. The first-order valence-electron chi connectivity index (χ1n) is 8.57. The maximum atomic E-state index is 4.78. The van der Waals surface area contributed by atoms with Crippen LogP contribution in [0.2, 0.25) is 0 Å². The summed E-state index contributed by atoms with van der Waals surface area (Å²) in [7, 11) is 1.93. The highest BCUT2D eigenvalue weighted by Gasteiger charge is 2.18. The number of nitrogens with zero attached hydrogens (tertiary/aromatic N) is 3. The van der Waals surface area contributed by atoms with Gasteiger partial charge in [-0.05, 0) is 31.6 Å². The lowest BCUT2D eigenvalue weighted by molar-refractivity contribution is 0.435. The predicted octanol–water partition coefficient (Wildman–Crippen LogP) is 3.88. The largest absolute Gasteiger partial charge is 0.373 e. The third-order valence-corrected chi connectivity index (χ3v) is 4.36. The molecule has 1 aromatic heterocycles. The number of anilines is 2. The summed E-state index contributed by atoms with van der Waals surface area (Å²) in [6, 6.07) is 2.10. The Hall–Kier alpha value is -1.32. The lowest BCUT2D eigenvalue weighted by Crippen LogP contribution is -2.26. The Kier molecular flexibility index (Phi) is 6.27. The summed E-state index contributed by atoms with van der Waals surface area (Å²) >= 11 is 0. The summed E-state index contributed by atoms with van der Waals surface area (Å²) in [4.78, 5) is 11.8. The van der Waals surface area contributed by atoms with Crippen molar-refractivity contribution >= 4 is 11.6 Å². The van der Waals surface area contributed by atoms with Crippen LogP contribution in [-0.2, 0) is 6.42 Å². The molecule has 0 aromatic carbocycles. The number of hydrogen-bond donors (Lipinski definition) is 1. The summed E-state index contributed by atoms with van der Waals surface area (Å²) < 4.78 is 0. The van der Waals surface area contributed by atoms with Gasteiger partial charge in [0, 0.05) is 32.6 Å². The maximum Gasteiger partial charge on any atom is 0.134 e. The fraction of sp³-hybridized carbons (Fsp3) is 0.765. The third kappa shape index (κ3) is 4.58. The molecule has 0 aliphatic carbocycles. The second kappa shape index (κ2) is 8.20. The molecule has 1 atom stereocenters. The van der Waals surface area contributed by atoms with Gasteiger partial charge in [0.1, 0.15) is 17.5 Å². The zero-order valence-corrected chi connectivity index (χ0v) is 13.9. The number of aromatic nitrogens is 2. The minimum Gasteiger partial charge on any atom is -0.373 e. The molecule has 118 valence electrons. The van der Waals surface area contributed by atoms with Crippen LogP contribution in [0, 0.1) is 5.92 Å². The van der Waals surface area contributed by atoms with E-state index < -0.39 is 0 Å². The molecule has 4 heteroatoms. The van der Waals surface area contributed by atoms with Gasteiger partial charge in [-0.25, -0.2) is 9.97 Å². The highest BCUT2D eigenvalue weighted by Crippen LogP contribution is 2.25. The first kappa shape index (κ1) is 16.1. The molecular weight excluding hydrogens is 260 g/mol. The Morgan fingerprint density at radius 2 is 2.05 bits per heavy atom. The van der Waals surface area contributed by atoms with Crippen molar-refractivity contribution in [2.45, 2.75) is 58.8 Å². The van der Waals surface area contributed by atoms with E-state index in [0.29, 0.717) is 0 Å². The molecule has 1 aliphatic heterocycles. The van der Waals surface area contributed by atoms with Gasteiger partial charge in [0.2, 0.25) is 0 Å². The summed E-state index contributed by atoms with van der Waals surface area (Å²) in [5.41, 5.74) is 0. The smallest absolute Gasteiger partial charge is 0.134 e. The first-order valence-corrected chi connectivity index (χ1v) is 8.57. The van der Waals surface area contributed by atoms with Crippen LogP contribution in [0.4, 0.5) is 11.6 Å². The summed E-state index contributed by atoms with van der Waals surface area (Å²) in [5, 5.41) is 3.17. The second-order valence-corrected chi connectivity index (χ2v) is 6.10. The van der Waals surface area contributed by atoms with Gasteiger partial charge in [-0.3, -0.25) is 0 Å². The van der Waals surface area contributed by atoms with Crippen LogP contribution in [0.25, 0.3) is 0 Å². The van der Waals surface area contributed by atoms with Crippen molar-refractivity contribution in [1.29, 1.82) is 0 Å². The van der Waals surface area contributed by atoms with E-state index in [4.69, 9.17) is 4.98 Å². The van der Waals surface area contributed by atoms with Crippen molar-refractivity contribution in [3.63, 3.8) is 0 Å². The molecule has 0 spiro atoms. The van der Waals surface area contributed by atoms with Gasteiger partial charge >= 0.3 is 0 Å². The normalized spacial score (nSPS) is 19.4. The molecule has 21 heavy (non-hydrogen) atoms. The van der Waals surface area contributed by atoms with Gasteiger partial charge in [-0.1, -0.05) is 26.7 Å². The fourth-order valence-electron chi connectivity index (χ4n) is 3.20. The van der Waals surface area contributed by atoms with Crippen molar-refractivity contribution in [2.24, 2.45) is 5.92 Å². The van der Waals surface area contributed by atoms with Gasteiger partial charge in [-0.2, -0.15) is 0 Å². The van der Waals surface area contributed by atoms with E-state index in [-0.39, 0.29) is 0 Å². The highest BCUT2D eigenvalue weighted by atomic mass is 15.2. The van der Waals surface area contributed by atoms with E-state index in [2.05, 4.69) is 35.1 Å². The topological polar surface area (TPSA) is 41.1 Å². The molecule has 0 saturated carbocycles. The zero-order chi connectivity index (χ0) is 15.1. The molecule has 0 bridgehead atoms. The van der Waals surface area contributed by atoms with Crippen molar-refractivity contribution < 1.29 is 0 Å². The standard InChI is InChI=1S/C17H30N4/c1-4-7-14-9-6-11-21(12-10-14)17-13-16(18-3)19-15(20-17)8-5-2/h13-14H,4-12H2,1-3H3,(H,18,19,20). The van der Waals surface area contributed by atoms with Gasteiger partial charge < -0.3 is 10.2 Å². The molecule has 0 radical (unpaired) electrons. The van der Waals surface area contributed by atoms with Crippen molar-refractivity contribution in [1.82, 2.24) is 9.97 Å². The zero-order valence-electron chi connectivity index (χ0n) is 13.9. The summed E-state index contributed by atoms with van der Waals surface area (Å²) in [6.07, 6.45) is 8.68. The molecule has 1 saturated heterocycles. The second-order valence-electron chi connectivity index (χ2n) is 6.10. The SMILES string of the molecule is CCCc1nc(NC)cc(N2CCCC(CCC)CC2)n1. The van der Waals surface area contributed by atoms with E-state index in [1.165, 1.54) is 32.1 Å². The Bertz CT molecular complexity index is 433. The van der Waals surface area contributed by atoms with Gasteiger partial charge in [0.05, 0.1) is 0 Å². The number of hydrogen-bond acceptors (Lipinski definition) is 4. The molecule has 1 fully saturated rings. The predicted molar refractivity (Wildman–Crippen MR) is 90.0 cm³/mol. The van der Waals surface area contributed by atoms with Crippen LogP contribution in [0.15, 0.2) is 6.07 Å². The fourth-order valence-corrected chi connectivity index (χ4v) is 3.20. The van der Waals surface area contributed by atoms with Crippen LogP contribution in [-0.4, -0.2) is 30.1 Å². The van der Waals surface area contributed by atoms with E-state index in [0.717, 1.165) is 49.3 Å². The third-order valence-electron chi connectivity index (χ3n) is 4.36. The molecule has 1 N–H and O–H groups in total. The van der Waals surface area contributed by atoms with Crippen LogP contribution in [0.3, 0.4) is 0 Å². The van der Waals surface area contributed by atoms with Crippen molar-refractivity contribution in [3.05, 3.63) is 11.9 Å². The summed E-state index contributed by atoms with van der Waals surface area (Å²) in [6.45, 7) is 6.74. The Morgan fingerprint density at radius 1 is 1.19 bits per heavy atom. The van der Waals surface area contributed by atoms with Gasteiger partial charge in [0.25, 0.3) is 0 Å². The van der Waals surface area contributed by atoms with Crippen LogP contribution in [0.5, 0.6) is 0 Å². The average Bonchev–Trinajstić information content (AvgIpc) is 2.73. The lowest BCUT2D eigenvalue weighted by atomic mass is 9.96. The van der Waals surface area contributed by atoms with E-state index in [1.807, 2.05) is 7.05 Å². The molecular formula is C17H30N4. The number of aryl methyl sites for hydroxylation is 1. The monoisotopic (exact) mass is 290 g/mol. The van der Waals surface area contributed by atoms with Gasteiger partial charge in [0.15, 0.2) is 0 Å². The van der Waals surface area contributed by atoms with E-state index >= 15 is 0 Å². The highest BCUT2D eigenvalue weighted by molar-refractivity contribution is 5.49. The Labute approximate surface area is 129 Å². The molecule has 0 amide bonds. The van der Waals surface area contributed by atoms with E-state index in [9.17, 15) is 0 Å². The van der Waals surface area contributed by atoms with Crippen LogP contribution in [0.1, 0.15) is 58.2 Å². The molecule has 1 aromatic rings. The Balaban J connectivity index is 2.11. The minimum absolute atomic E-state index is 0.903. The van der Waals surface area contributed by atoms with Crippen LogP contribution >= 0.6 is 0 Å². The van der Waals surface area contributed by atoms with Crippen molar-refractivity contribution in [2.75, 3.05) is 30.4 Å².